The van der Waals surface area contributed by atoms with Crippen LogP contribution in [0.25, 0.3) is 10.2 Å². The van der Waals surface area contributed by atoms with Crippen molar-refractivity contribution < 1.29 is 4.74 Å². The van der Waals surface area contributed by atoms with E-state index in [1.807, 2.05) is 18.2 Å². The van der Waals surface area contributed by atoms with Crippen LogP contribution in [0.15, 0.2) is 18.2 Å². The minimum absolute atomic E-state index is 0.244. The van der Waals surface area contributed by atoms with E-state index in [4.69, 9.17) is 27.9 Å². The second-order valence-electron chi connectivity index (χ2n) is 5.13. The van der Waals surface area contributed by atoms with Crippen molar-refractivity contribution in [3.05, 3.63) is 44.5 Å². The second-order valence-corrected chi connectivity index (χ2v) is 7.08. The molecule has 2 aromatic heterocycles. The number of benzene rings is 1. The molecule has 0 amide bonds. The van der Waals surface area contributed by atoms with Crippen LogP contribution >= 0.6 is 34.5 Å². The molecule has 0 aliphatic heterocycles. The highest BCUT2D eigenvalue weighted by Crippen LogP contribution is 2.34. The molecule has 1 aromatic carbocycles. The van der Waals surface area contributed by atoms with Gasteiger partial charge in [0.2, 0.25) is 5.28 Å². The fraction of sp³-hybridized carbons (Fsp3) is 0.250. The Labute approximate surface area is 148 Å². The molecule has 0 aliphatic carbocycles. The Morgan fingerprint density at radius 1 is 1.22 bits per heavy atom. The van der Waals surface area contributed by atoms with Crippen LogP contribution in [-0.4, -0.2) is 17.1 Å². The van der Waals surface area contributed by atoms with Crippen LogP contribution in [0.3, 0.4) is 0 Å². The summed E-state index contributed by atoms with van der Waals surface area (Å²) in [4.78, 5) is 10.8. The Morgan fingerprint density at radius 3 is 2.70 bits per heavy atom. The highest BCUT2D eigenvalue weighted by Gasteiger charge is 2.14. The third-order valence-corrected chi connectivity index (χ3v) is 5.24. The average molecular weight is 368 g/mol. The van der Waals surface area contributed by atoms with Gasteiger partial charge in [-0.2, -0.15) is 0 Å². The van der Waals surface area contributed by atoms with Crippen LogP contribution in [0.5, 0.6) is 5.75 Å². The van der Waals surface area contributed by atoms with E-state index in [9.17, 15) is 0 Å². The molecule has 7 heteroatoms. The van der Waals surface area contributed by atoms with Gasteiger partial charge in [-0.05, 0) is 48.7 Å². The van der Waals surface area contributed by atoms with Crippen molar-refractivity contribution in [2.24, 2.45) is 0 Å². The van der Waals surface area contributed by atoms with E-state index in [0.29, 0.717) is 17.3 Å². The average Bonchev–Trinajstić information content (AvgIpc) is 2.79. The van der Waals surface area contributed by atoms with Crippen molar-refractivity contribution in [1.82, 2.24) is 9.97 Å². The number of halogens is 2. The molecule has 0 saturated carbocycles. The third kappa shape index (κ3) is 3.22. The standard InChI is InChI=1S/C16H15Cl2N3OS/c1-8-9(2)23-15-13(8)14(20-16(18)21-15)19-7-10-4-5-12(22-3)11(17)6-10/h4-6H,7H2,1-3H3,(H,19,20,21). The lowest BCUT2D eigenvalue weighted by atomic mass is 10.2. The summed E-state index contributed by atoms with van der Waals surface area (Å²) in [5, 5.41) is 5.19. The molecular formula is C16H15Cl2N3OS. The Balaban J connectivity index is 1.91. The number of anilines is 1. The number of aryl methyl sites for hydroxylation is 2. The quantitative estimate of drug-likeness (QED) is 0.640. The molecule has 2 heterocycles. The Hall–Kier alpha value is -1.56. The molecule has 0 unspecified atom stereocenters. The number of aromatic nitrogens is 2. The summed E-state index contributed by atoms with van der Waals surface area (Å²) in [6.45, 7) is 4.73. The van der Waals surface area contributed by atoms with Gasteiger partial charge in [-0.15, -0.1) is 11.3 Å². The van der Waals surface area contributed by atoms with Gasteiger partial charge >= 0.3 is 0 Å². The molecule has 3 aromatic rings. The van der Waals surface area contributed by atoms with Gasteiger partial charge < -0.3 is 10.1 Å². The van der Waals surface area contributed by atoms with Gasteiger partial charge in [-0.25, -0.2) is 9.97 Å². The lowest BCUT2D eigenvalue weighted by Gasteiger charge is -2.10. The van der Waals surface area contributed by atoms with Gasteiger partial charge in [0.05, 0.1) is 17.5 Å². The van der Waals surface area contributed by atoms with Crippen LogP contribution in [0.1, 0.15) is 16.0 Å². The molecule has 0 spiro atoms. The zero-order valence-electron chi connectivity index (χ0n) is 12.9. The summed E-state index contributed by atoms with van der Waals surface area (Å²) in [6.07, 6.45) is 0. The van der Waals surface area contributed by atoms with Gasteiger partial charge in [0.25, 0.3) is 0 Å². The molecular weight excluding hydrogens is 353 g/mol. The molecule has 0 fully saturated rings. The van der Waals surface area contributed by atoms with E-state index in [0.717, 1.165) is 21.6 Å². The zero-order valence-corrected chi connectivity index (χ0v) is 15.2. The Kier molecular flexibility index (Phi) is 4.62. The molecule has 0 saturated heterocycles. The van der Waals surface area contributed by atoms with Crippen LogP contribution in [0.4, 0.5) is 5.82 Å². The monoisotopic (exact) mass is 367 g/mol. The number of nitrogens with zero attached hydrogens (tertiary/aromatic N) is 2. The molecule has 0 bridgehead atoms. The van der Waals surface area contributed by atoms with Crippen LogP contribution < -0.4 is 10.1 Å². The number of fused-ring (bicyclic) bond motifs is 1. The minimum atomic E-state index is 0.244. The van der Waals surface area contributed by atoms with E-state index < -0.39 is 0 Å². The van der Waals surface area contributed by atoms with Crippen molar-refractivity contribution in [1.29, 1.82) is 0 Å². The Morgan fingerprint density at radius 2 is 2.00 bits per heavy atom. The van der Waals surface area contributed by atoms with E-state index in [1.54, 1.807) is 18.4 Å². The highest BCUT2D eigenvalue weighted by molar-refractivity contribution is 7.18. The van der Waals surface area contributed by atoms with Gasteiger partial charge in [-0.3, -0.25) is 0 Å². The molecule has 0 aliphatic rings. The highest BCUT2D eigenvalue weighted by atomic mass is 35.5. The summed E-state index contributed by atoms with van der Waals surface area (Å²) in [6, 6.07) is 5.68. The zero-order chi connectivity index (χ0) is 16.6. The largest absolute Gasteiger partial charge is 0.495 e. The smallest absolute Gasteiger partial charge is 0.225 e. The number of hydrogen-bond donors (Lipinski definition) is 1. The fourth-order valence-electron chi connectivity index (χ4n) is 2.36. The van der Waals surface area contributed by atoms with E-state index >= 15 is 0 Å². The first kappa shape index (κ1) is 16.3. The Bertz CT molecular complexity index is 879. The van der Waals surface area contributed by atoms with Crippen molar-refractivity contribution in [2.45, 2.75) is 20.4 Å². The van der Waals surface area contributed by atoms with Crippen molar-refractivity contribution in [2.75, 3.05) is 12.4 Å². The second kappa shape index (κ2) is 6.51. The van der Waals surface area contributed by atoms with Gasteiger partial charge in [-0.1, -0.05) is 17.7 Å². The van der Waals surface area contributed by atoms with Crippen LogP contribution in [0.2, 0.25) is 10.3 Å². The lowest BCUT2D eigenvalue weighted by Crippen LogP contribution is -2.03. The molecule has 23 heavy (non-hydrogen) atoms. The third-order valence-electron chi connectivity index (χ3n) is 3.68. The molecule has 1 N–H and O–H groups in total. The lowest BCUT2D eigenvalue weighted by molar-refractivity contribution is 0.415. The number of thiophene rings is 1. The van der Waals surface area contributed by atoms with Gasteiger partial charge in [0.1, 0.15) is 16.4 Å². The maximum Gasteiger partial charge on any atom is 0.225 e. The van der Waals surface area contributed by atoms with E-state index in [1.165, 1.54) is 10.4 Å². The summed E-state index contributed by atoms with van der Waals surface area (Å²) in [7, 11) is 1.60. The molecule has 0 radical (unpaired) electrons. The predicted molar refractivity (Wildman–Crippen MR) is 97.2 cm³/mol. The van der Waals surface area contributed by atoms with E-state index in [-0.39, 0.29) is 5.28 Å². The van der Waals surface area contributed by atoms with Gasteiger partial charge in [0, 0.05) is 11.4 Å². The first-order valence-electron chi connectivity index (χ1n) is 6.99. The number of rotatable bonds is 4. The van der Waals surface area contributed by atoms with Crippen molar-refractivity contribution in [3.8, 4) is 5.75 Å². The number of nitrogens with one attached hydrogen (secondary N) is 1. The molecule has 3 rings (SSSR count). The van der Waals surface area contributed by atoms with Crippen LogP contribution in [0, 0.1) is 13.8 Å². The first-order chi connectivity index (χ1) is 11.0. The summed E-state index contributed by atoms with van der Waals surface area (Å²) in [5.74, 6) is 1.40. The minimum Gasteiger partial charge on any atom is -0.495 e. The summed E-state index contributed by atoms with van der Waals surface area (Å²) >= 11 is 13.8. The van der Waals surface area contributed by atoms with Crippen LogP contribution in [-0.2, 0) is 6.54 Å². The number of hydrogen-bond acceptors (Lipinski definition) is 5. The maximum absolute atomic E-state index is 6.16. The topological polar surface area (TPSA) is 47.0 Å². The normalized spacial score (nSPS) is 11.0. The fourth-order valence-corrected chi connectivity index (χ4v) is 3.89. The predicted octanol–water partition coefficient (Wildman–Crippen LogP) is 5.24. The summed E-state index contributed by atoms with van der Waals surface area (Å²) in [5.41, 5.74) is 2.21. The molecule has 120 valence electrons. The first-order valence-corrected chi connectivity index (χ1v) is 8.56. The van der Waals surface area contributed by atoms with E-state index in [2.05, 4.69) is 29.1 Å². The number of ether oxygens (including phenoxy) is 1. The molecule has 4 nitrogen and oxygen atoms in total. The van der Waals surface area contributed by atoms with Crippen molar-refractivity contribution >= 4 is 50.6 Å². The maximum atomic E-state index is 6.16. The van der Waals surface area contributed by atoms with Gasteiger partial charge in [0.15, 0.2) is 0 Å². The summed E-state index contributed by atoms with van der Waals surface area (Å²) < 4.78 is 5.17. The SMILES string of the molecule is COc1ccc(CNc2nc(Cl)nc3sc(C)c(C)c23)cc1Cl. The van der Waals surface area contributed by atoms with Crippen molar-refractivity contribution in [3.63, 3.8) is 0 Å². The molecule has 0 atom stereocenters. The number of methoxy groups -OCH3 is 1.